The number of piperazine rings is 1. The van der Waals surface area contributed by atoms with Crippen LogP contribution in [-0.2, 0) is 0 Å². The monoisotopic (exact) mass is 464 g/mol. The largest absolute Gasteiger partial charge is 0.394 e. The van der Waals surface area contributed by atoms with Crippen molar-refractivity contribution < 1.29 is 9.90 Å². The molecular weight excluding hydrogens is 432 g/mol. The van der Waals surface area contributed by atoms with E-state index in [2.05, 4.69) is 30.9 Å². The second kappa shape index (κ2) is 11.2. The van der Waals surface area contributed by atoms with Crippen molar-refractivity contribution in [3.05, 3.63) is 48.7 Å². The molecule has 1 aromatic carbocycles. The Kier molecular flexibility index (Phi) is 7.84. The molecule has 2 aromatic heterocycles. The molecule has 1 fully saturated rings. The number of anilines is 3. The number of aromatic nitrogens is 3. The number of pyridine rings is 1. The van der Waals surface area contributed by atoms with Crippen LogP contribution in [0.2, 0.25) is 0 Å². The number of aliphatic hydroxyl groups is 1. The number of para-hydroxylation sites is 1. The molecule has 0 spiro atoms. The van der Waals surface area contributed by atoms with Gasteiger partial charge in [-0.1, -0.05) is 32.0 Å². The number of hydrogen-bond acceptors (Lipinski definition) is 8. The van der Waals surface area contributed by atoms with Crippen LogP contribution in [0.15, 0.2) is 48.7 Å². The number of nitrogens with zero attached hydrogens (tertiary/aromatic N) is 5. The van der Waals surface area contributed by atoms with Crippen LogP contribution >= 0.6 is 0 Å². The molecule has 2 amide bonds. The van der Waals surface area contributed by atoms with Gasteiger partial charge in [-0.3, -0.25) is 5.32 Å². The summed E-state index contributed by atoms with van der Waals surface area (Å²) in [5.41, 5.74) is 1.46. The number of carbonyl (C=O) groups is 1. The molecule has 3 heterocycles. The zero-order valence-electron chi connectivity index (χ0n) is 19.6. The van der Waals surface area contributed by atoms with Gasteiger partial charge < -0.3 is 15.7 Å². The van der Waals surface area contributed by atoms with Crippen LogP contribution in [-0.4, -0.2) is 69.9 Å². The van der Waals surface area contributed by atoms with Crippen molar-refractivity contribution >= 4 is 34.5 Å². The maximum atomic E-state index is 12.4. The minimum Gasteiger partial charge on any atom is -0.394 e. The first-order chi connectivity index (χ1) is 16.5. The summed E-state index contributed by atoms with van der Waals surface area (Å²) in [6.07, 6.45) is 2.43. The van der Waals surface area contributed by atoms with Crippen molar-refractivity contribution in [1.29, 1.82) is 0 Å². The van der Waals surface area contributed by atoms with E-state index in [9.17, 15) is 9.90 Å². The van der Waals surface area contributed by atoms with E-state index in [-0.39, 0.29) is 12.6 Å². The SMILES string of the molecule is CC(C)CC(CO)NC(=O)Nc1ccc2cnc(N(c3ccccc3)N3CCNCC3)nc2n1. The van der Waals surface area contributed by atoms with Gasteiger partial charge in [0.05, 0.1) is 18.3 Å². The smallest absolute Gasteiger partial charge is 0.320 e. The number of benzene rings is 1. The summed E-state index contributed by atoms with van der Waals surface area (Å²) in [7, 11) is 0. The summed E-state index contributed by atoms with van der Waals surface area (Å²) in [4.78, 5) is 26.3. The van der Waals surface area contributed by atoms with Gasteiger partial charge in [0, 0.05) is 37.8 Å². The topological polar surface area (TPSA) is 119 Å². The lowest BCUT2D eigenvalue weighted by atomic mass is 10.0. The number of fused-ring (bicyclic) bond motifs is 1. The fourth-order valence-corrected chi connectivity index (χ4v) is 3.99. The van der Waals surface area contributed by atoms with E-state index in [1.807, 2.05) is 55.3 Å². The maximum absolute atomic E-state index is 12.4. The van der Waals surface area contributed by atoms with Crippen LogP contribution in [0.4, 0.5) is 22.2 Å². The van der Waals surface area contributed by atoms with Gasteiger partial charge in [-0.2, -0.15) is 4.98 Å². The molecule has 10 nitrogen and oxygen atoms in total. The van der Waals surface area contributed by atoms with Gasteiger partial charge in [0.25, 0.3) is 0 Å². The van der Waals surface area contributed by atoms with Crippen LogP contribution in [0.3, 0.4) is 0 Å². The summed E-state index contributed by atoms with van der Waals surface area (Å²) in [6.45, 7) is 7.39. The number of hydrazine groups is 1. The number of rotatable bonds is 8. The number of aliphatic hydroxyl groups excluding tert-OH is 1. The van der Waals surface area contributed by atoms with E-state index < -0.39 is 6.03 Å². The average molecular weight is 465 g/mol. The first-order valence-corrected chi connectivity index (χ1v) is 11.7. The zero-order chi connectivity index (χ0) is 23.9. The predicted molar refractivity (Wildman–Crippen MR) is 133 cm³/mol. The summed E-state index contributed by atoms with van der Waals surface area (Å²) in [5, 5.41) is 23.5. The van der Waals surface area contributed by atoms with Crippen LogP contribution in [0, 0.1) is 5.92 Å². The summed E-state index contributed by atoms with van der Waals surface area (Å²) in [6, 6.07) is 12.8. The molecule has 0 aliphatic carbocycles. The molecule has 0 saturated carbocycles. The molecule has 180 valence electrons. The Bertz CT molecular complexity index is 1090. The summed E-state index contributed by atoms with van der Waals surface area (Å²) < 4.78 is 0. The van der Waals surface area contributed by atoms with Crippen molar-refractivity contribution in [2.24, 2.45) is 5.92 Å². The summed E-state index contributed by atoms with van der Waals surface area (Å²) in [5.74, 6) is 1.26. The fraction of sp³-hybridized carbons (Fsp3) is 0.417. The number of hydrogen-bond donors (Lipinski definition) is 4. The molecule has 1 atom stereocenters. The molecule has 1 aliphatic rings. The van der Waals surface area contributed by atoms with Crippen molar-refractivity contribution in [2.45, 2.75) is 26.3 Å². The lowest BCUT2D eigenvalue weighted by Gasteiger charge is -2.37. The molecule has 1 saturated heterocycles. The third kappa shape index (κ3) is 5.96. The number of carbonyl (C=O) groups excluding carboxylic acids is 1. The van der Waals surface area contributed by atoms with E-state index >= 15 is 0 Å². The standard InChI is InChI=1S/C24H32N8O2/c1-17(2)14-19(16-33)27-24(34)29-21-9-8-18-15-26-23(30-22(18)28-21)32(20-6-4-3-5-7-20)31-12-10-25-11-13-31/h3-9,15,17,19,25,33H,10-14,16H2,1-2H3,(H2,26,27,28,29,30,34). The quantitative estimate of drug-likeness (QED) is 0.402. The summed E-state index contributed by atoms with van der Waals surface area (Å²) >= 11 is 0. The fourth-order valence-electron chi connectivity index (χ4n) is 3.99. The molecule has 3 aromatic rings. The van der Waals surface area contributed by atoms with E-state index in [0.717, 1.165) is 37.3 Å². The van der Waals surface area contributed by atoms with E-state index in [4.69, 9.17) is 4.98 Å². The predicted octanol–water partition coefficient (Wildman–Crippen LogP) is 2.51. The van der Waals surface area contributed by atoms with Crippen LogP contribution in [0.25, 0.3) is 11.0 Å². The molecule has 10 heteroatoms. The highest BCUT2D eigenvalue weighted by molar-refractivity contribution is 5.90. The molecule has 4 N–H and O–H groups in total. The first-order valence-electron chi connectivity index (χ1n) is 11.7. The van der Waals surface area contributed by atoms with Crippen LogP contribution in [0.1, 0.15) is 20.3 Å². The Morgan fingerprint density at radius 1 is 1.15 bits per heavy atom. The van der Waals surface area contributed by atoms with Gasteiger partial charge in [-0.05, 0) is 36.6 Å². The number of urea groups is 1. The van der Waals surface area contributed by atoms with Gasteiger partial charge in [0.2, 0.25) is 5.95 Å². The third-order valence-electron chi connectivity index (χ3n) is 5.55. The Morgan fingerprint density at radius 2 is 1.91 bits per heavy atom. The second-order valence-corrected chi connectivity index (χ2v) is 8.74. The van der Waals surface area contributed by atoms with Gasteiger partial charge in [-0.25, -0.2) is 24.8 Å². The Hall–Kier alpha value is -3.34. The Morgan fingerprint density at radius 3 is 2.62 bits per heavy atom. The first kappa shape index (κ1) is 23.8. The molecule has 1 aliphatic heterocycles. The second-order valence-electron chi connectivity index (χ2n) is 8.74. The van der Waals surface area contributed by atoms with E-state index in [1.54, 1.807) is 12.3 Å². The van der Waals surface area contributed by atoms with Crippen LogP contribution in [0.5, 0.6) is 0 Å². The highest BCUT2D eigenvalue weighted by Gasteiger charge is 2.23. The lowest BCUT2D eigenvalue weighted by molar-refractivity contribution is 0.214. The van der Waals surface area contributed by atoms with E-state index in [0.29, 0.717) is 29.8 Å². The molecule has 34 heavy (non-hydrogen) atoms. The van der Waals surface area contributed by atoms with Crippen molar-refractivity contribution in [3.8, 4) is 0 Å². The highest BCUT2D eigenvalue weighted by atomic mass is 16.3. The van der Waals surface area contributed by atoms with Gasteiger partial charge in [-0.15, -0.1) is 0 Å². The third-order valence-corrected chi connectivity index (χ3v) is 5.55. The van der Waals surface area contributed by atoms with Gasteiger partial charge in [0.15, 0.2) is 5.65 Å². The zero-order valence-corrected chi connectivity index (χ0v) is 19.6. The normalized spacial score (nSPS) is 15.3. The van der Waals surface area contributed by atoms with Crippen molar-refractivity contribution in [2.75, 3.05) is 43.1 Å². The van der Waals surface area contributed by atoms with Crippen LogP contribution < -0.4 is 21.0 Å². The Labute approximate surface area is 199 Å². The molecular formula is C24H32N8O2. The van der Waals surface area contributed by atoms with Crippen molar-refractivity contribution in [3.63, 3.8) is 0 Å². The average Bonchev–Trinajstić information content (AvgIpc) is 2.84. The molecule has 0 radical (unpaired) electrons. The minimum absolute atomic E-state index is 0.116. The molecule has 4 rings (SSSR count). The Balaban J connectivity index is 1.58. The lowest BCUT2D eigenvalue weighted by Crippen LogP contribution is -2.51. The van der Waals surface area contributed by atoms with Gasteiger partial charge >= 0.3 is 6.03 Å². The molecule has 0 bridgehead atoms. The maximum Gasteiger partial charge on any atom is 0.320 e. The number of nitrogens with one attached hydrogen (secondary N) is 3. The van der Waals surface area contributed by atoms with Gasteiger partial charge in [0.1, 0.15) is 5.82 Å². The molecule has 1 unspecified atom stereocenters. The number of amides is 2. The highest BCUT2D eigenvalue weighted by Crippen LogP contribution is 2.26. The van der Waals surface area contributed by atoms with E-state index in [1.165, 1.54) is 0 Å². The van der Waals surface area contributed by atoms with Crippen molar-refractivity contribution in [1.82, 2.24) is 30.6 Å². The minimum atomic E-state index is -0.410.